The minimum atomic E-state index is -0.570. The first kappa shape index (κ1) is 21.9. The van der Waals surface area contributed by atoms with Crippen molar-refractivity contribution >= 4 is 40.6 Å². The first-order valence-electron chi connectivity index (χ1n) is 8.93. The molecule has 0 N–H and O–H groups in total. The quantitative estimate of drug-likeness (QED) is 0.416. The van der Waals surface area contributed by atoms with Crippen LogP contribution in [0.3, 0.4) is 0 Å². The van der Waals surface area contributed by atoms with Crippen LogP contribution < -0.4 is 9.47 Å². The Kier molecular flexibility index (Phi) is 6.84. The molecular formula is C22H19ClFNO4S. The number of methoxy groups -OCH3 is 2. The topological polar surface area (TPSA) is 55.8 Å². The highest BCUT2D eigenvalue weighted by molar-refractivity contribution is 8.18. The normalized spacial score (nSPS) is 15.1. The maximum Gasteiger partial charge on any atom is 0.293 e. The van der Waals surface area contributed by atoms with Crippen molar-refractivity contribution in [3.63, 3.8) is 0 Å². The molecule has 0 atom stereocenters. The van der Waals surface area contributed by atoms with E-state index in [1.54, 1.807) is 25.3 Å². The summed E-state index contributed by atoms with van der Waals surface area (Å²) in [6.07, 6.45) is 3.87. The molecule has 1 saturated heterocycles. The summed E-state index contributed by atoms with van der Waals surface area (Å²) >= 11 is 6.83. The molecule has 1 aliphatic rings. The molecule has 1 heterocycles. The van der Waals surface area contributed by atoms with Gasteiger partial charge in [0.15, 0.2) is 11.5 Å². The Labute approximate surface area is 183 Å². The fourth-order valence-corrected chi connectivity index (χ4v) is 4.15. The number of hydrogen-bond acceptors (Lipinski definition) is 5. The number of ether oxygens (including phenoxy) is 2. The summed E-state index contributed by atoms with van der Waals surface area (Å²) in [4.78, 5) is 26.4. The van der Waals surface area contributed by atoms with Gasteiger partial charge in [0.25, 0.3) is 11.1 Å². The highest BCUT2D eigenvalue weighted by Gasteiger charge is 2.36. The van der Waals surface area contributed by atoms with E-state index < -0.39 is 17.0 Å². The van der Waals surface area contributed by atoms with Crippen LogP contribution >= 0.6 is 23.4 Å². The molecule has 5 nitrogen and oxygen atoms in total. The number of thioether (sulfide) groups is 1. The Hall–Kier alpha value is -2.77. The third kappa shape index (κ3) is 4.37. The standard InChI is InChI=1S/C22H19ClFNO4S/c1-4-6-14-9-13(10-18(28-2)20(14)29-3)11-19-21(26)25(22(27)30-19)12-15-16(23)7-5-8-17(15)24/h4-5,7-11H,1,6,12H2,2-3H3/b19-11-. The van der Waals surface area contributed by atoms with Crippen molar-refractivity contribution < 1.29 is 23.5 Å². The fourth-order valence-electron chi connectivity index (χ4n) is 3.09. The van der Waals surface area contributed by atoms with Crippen molar-refractivity contribution in [2.75, 3.05) is 14.2 Å². The summed E-state index contributed by atoms with van der Waals surface area (Å²) in [6, 6.07) is 7.77. The first-order valence-corrected chi connectivity index (χ1v) is 10.1. The van der Waals surface area contributed by atoms with Crippen LogP contribution in [0.5, 0.6) is 11.5 Å². The smallest absolute Gasteiger partial charge is 0.293 e. The number of imide groups is 1. The van der Waals surface area contributed by atoms with E-state index in [0.29, 0.717) is 23.5 Å². The van der Waals surface area contributed by atoms with Gasteiger partial charge in [-0.05, 0) is 54.1 Å². The van der Waals surface area contributed by atoms with Gasteiger partial charge in [-0.25, -0.2) is 4.39 Å². The Balaban J connectivity index is 1.93. The molecule has 2 amide bonds. The van der Waals surface area contributed by atoms with Crippen LogP contribution in [-0.4, -0.2) is 30.3 Å². The fraction of sp³-hybridized carbons (Fsp3) is 0.182. The first-order chi connectivity index (χ1) is 14.4. The van der Waals surface area contributed by atoms with E-state index in [2.05, 4.69) is 6.58 Å². The van der Waals surface area contributed by atoms with E-state index in [4.69, 9.17) is 21.1 Å². The highest BCUT2D eigenvalue weighted by atomic mass is 35.5. The van der Waals surface area contributed by atoms with Gasteiger partial charge in [0.2, 0.25) is 0 Å². The van der Waals surface area contributed by atoms with Crippen molar-refractivity contribution in [2.24, 2.45) is 0 Å². The lowest BCUT2D eigenvalue weighted by molar-refractivity contribution is -0.123. The number of rotatable bonds is 7. The number of amides is 2. The lowest BCUT2D eigenvalue weighted by atomic mass is 10.0. The monoisotopic (exact) mass is 447 g/mol. The van der Waals surface area contributed by atoms with E-state index in [1.807, 2.05) is 6.07 Å². The van der Waals surface area contributed by atoms with E-state index in [9.17, 15) is 14.0 Å². The summed E-state index contributed by atoms with van der Waals surface area (Å²) in [5.41, 5.74) is 1.59. The van der Waals surface area contributed by atoms with Gasteiger partial charge in [0, 0.05) is 16.1 Å². The molecule has 0 saturated carbocycles. The zero-order valence-corrected chi connectivity index (χ0v) is 18.0. The second kappa shape index (κ2) is 9.36. The number of benzene rings is 2. The maximum absolute atomic E-state index is 14.1. The second-order valence-corrected chi connectivity index (χ2v) is 7.78. The molecular weight excluding hydrogens is 429 g/mol. The molecule has 8 heteroatoms. The Bertz CT molecular complexity index is 1030. The molecule has 0 spiro atoms. The zero-order valence-electron chi connectivity index (χ0n) is 16.4. The van der Waals surface area contributed by atoms with Gasteiger partial charge in [0.1, 0.15) is 5.82 Å². The van der Waals surface area contributed by atoms with Gasteiger partial charge in [-0.15, -0.1) is 6.58 Å². The van der Waals surface area contributed by atoms with Crippen LogP contribution in [0.1, 0.15) is 16.7 Å². The van der Waals surface area contributed by atoms with Crippen molar-refractivity contribution in [3.8, 4) is 11.5 Å². The molecule has 3 rings (SSSR count). The van der Waals surface area contributed by atoms with Crippen LogP contribution in [-0.2, 0) is 17.8 Å². The number of allylic oxidation sites excluding steroid dienone is 1. The molecule has 2 aromatic rings. The summed E-state index contributed by atoms with van der Waals surface area (Å²) in [7, 11) is 3.06. The molecule has 30 heavy (non-hydrogen) atoms. The Morgan fingerprint density at radius 1 is 1.23 bits per heavy atom. The minimum absolute atomic E-state index is 0.0992. The number of hydrogen-bond donors (Lipinski definition) is 0. The molecule has 1 fully saturated rings. The van der Waals surface area contributed by atoms with Gasteiger partial charge in [-0.2, -0.15) is 0 Å². The van der Waals surface area contributed by atoms with Crippen LogP contribution in [0.15, 0.2) is 47.9 Å². The molecule has 2 aromatic carbocycles. The van der Waals surface area contributed by atoms with Gasteiger partial charge in [-0.3, -0.25) is 14.5 Å². The second-order valence-electron chi connectivity index (χ2n) is 6.38. The predicted octanol–water partition coefficient (Wildman–Crippen LogP) is 5.46. The van der Waals surface area contributed by atoms with Crippen LogP contribution in [0, 0.1) is 5.82 Å². The van der Waals surface area contributed by atoms with Crippen molar-refractivity contribution in [1.29, 1.82) is 0 Å². The molecule has 0 bridgehead atoms. The average molecular weight is 448 g/mol. The lowest BCUT2D eigenvalue weighted by Gasteiger charge is -2.14. The highest BCUT2D eigenvalue weighted by Crippen LogP contribution is 2.37. The lowest BCUT2D eigenvalue weighted by Crippen LogP contribution is -2.28. The van der Waals surface area contributed by atoms with Gasteiger partial charge in [0.05, 0.1) is 25.7 Å². The molecule has 0 radical (unpaired) electrons. The van der Waals surface area contributed by atoms with Crippen molar-refractivity contribution in [2.45, 2.75) is 13.0 Å². The molecule has 0 unspecified atom stereocenters. The molecule has 156 valence electrons. The van der Waals surface area contributed by atoms with Crippen LogP contribution in [0.4, 0.5) is 9.18 Å². The van der Waals surface area contributed by atoms with E-state index in [-0.39, 0.29) is 22.0 Å². The van der Waals surface area contributed by atoms with Crippen molar-refractivity contribution in [3.05, 3.63) is 75.4 Å². The molecule has 1 aliphatic heterocycles. The van der Waals surface area contributed by atoms with Crippen molar-refractivity contribution in [1.82, 2.24) is 4.90 Å². The van der Waals surface area contributed by atoms with E-state index >= 15 is 0 Å². The Morgan fingerprint density at radius 3 is 2.63 bits per heavy atom. The summed E-state index contributed by atoms with van der Waals surface area (Å²) in [5.74, 6) is 0.00109. The molecule has 0 aromatic heterocycles. The zero-order chi connectivity index (χ0) is 21.8. The minimum Gasteiger partial charge on any atom is -0.493 e. The number of carbonyl (C=O) groups is 2. The summed E-state index contributed by atoms with van der Waals surface area (Å²) in [6.45, 7) is 3.51. The molecule has 0 aliphatic carbocycles. The van der Waals surface area contributed by atoms with Gasteiger partial charge < -0.3 is 9.47 Å². The van der Waals surface area contributed by atoms with Crippen LogP contribution in [0.2, 0.25) is 5.02 Å². The summed E-state index contributed by atoms with van der Waals surface area (Å²) < 4.78 is 24.9. The average Bonchev–Trinajstić information content (AvgIpc) is 2.97. The Morgan fingerprint density at radius 2 is 2.00 bits per heavy atom. The third-order valence-electron chi connectivity index (χ3n) is 4.49. The van der Waals surface area contributed by atoms with Gasteiger partial charge in [-0.1, -0.05) is 23.7 Å². The largest absolute Gasteiger partial charge is 0.493 e. The predicted molar refractivity (Wildman–Crippen MR) is 116 cm³/mol. The van der Waals surface area contributed by atoms with Crippen LogP contribution in [0.25, 0.3) is 6.08 Å². The maximum atomic E-state index is 14.1. The van der Waals surface area contributed by atoms with Gasteiger partial charge >= 0.3 is 0 Å². The van der Waals surface area contributed by atoms with E-state index in [1.165, 1.54) is 25.3 Å². The summed E-state index contributed by atoms with van der Waals surface area (Å²) in [5, 5.41) is -0.329. The SMILES string of the molecule is C=CCc1cc(/C=C2\SC(=O)N(Cc3c(F)cccc3Cl)C2=O)cc(OC)c1OC. The van der Waals surface area contributed by atoms with E-state index in [0.717, 1.165) is 22.2 Å². The number of carbonyl (C=O) groups excluding carboxylic acids is 2. The number of halogens is 2. The number of nitrogens with zero attached hydrogens (tertiary/aromatic N) is 1. The third-order valence-corrected chi connectivity index (χ3v) is 5.75.